The smallest absolute Gasteiger partial charge is 0.161 e. The molecule has 1 aromatic carbocycles. The van der Waals surface area contributed by atoms with Crippen LogP contribution in [-0.4, -0.2) is 19.5 Å². The Bertz CT molecular complexity index is 898. The maximum absolute atomic E-state index is 4.72. The van der Waals surface area contributed by atoms with Gasteiger partial charge in [-0.25, -0.2) is 9.97 Å². The molecule has 3 aromatic heterocycles. The fraction of sp³-hybridized carbons (Fsp3) is 0.0556. The maximum atomic E-state index is 4.72. The topological polar surface area (TPSA) is 43.6 Å². The summed E-state index contributed by atoms with van der Waals surface area (Å²) in [6.07, 6.45) is 3.59. The molecule has 106 valence electrons. The average Bonchev–Trinajstić information content (AvgIpc) is 2.95. The Hall–Kier alpha value is -3.01. The second-order valence-corrected chi connectivity index (χ2v) is 5.07. The highest BCUT2D eigenvalue weighted by Crippen LogP contribution is 2.23. The van der Waals surface area contributed by atoms with E-state index < -0.39 is 0 Å². The first-order valence-electron chi connectivity index (χ1n) is 7.18. The van der Waals surface area contributed by atoms with Gasteiger partial charge in [-0.2, -0.15) is 0 Å². The molecule has 0 unspecified atom stereocenters. The molecular formula is C18H14N4. The van der Waals surface area contributed by atoms with Crippen molar-refractivity contribution in [3.63, 3.8) is 0 Å². The molecule has 0 fully saturated rings. The number of fused-ring (bicyclic) bond motifs is 1. The number of nitrogens with zero attached hydrogens (tertiary/aromatic N) is 4. The minimum Gasteiger partial charge on any atom is -0.303 e. The summed E-state index contributed by atoms with van der Waals surface area (Å²) in [4.78, 5) is 13.6. The molecule has 4 aromatic rings. The predicted molar refractivity (Wildman–Crippen MR) is 86.3 cm³/mol. The number of aromatic nitrogens is 4. The predicted octanol–water partition coefficient (Wildman–Crippen LogP) is 3.54. The largest absolute Gasteiger partial charge is 0.303 e. The lowest BCUT2D eigenvalue weighted by atomic mass is 10.2. The number of benzene rings is 1. The van der Waals surface area contributed by atoms with E-state index >= 15 is 0 Å². The first-order valence-corrected chi connectivity index (χ1v) is 7.18. The highest BCUT2D eigenvalue weighted by atomic mass is 15.1. The zero-order valence-corrected chi connectivity index (χ0v) is 11.9. The van der Waals surface area contributed by atoms with Crippen LogP contribution in [0.4, 0.5) is 0 Å². The highest BCUT2D eigenvalue weighted by molar-refractivity contribution is 5.76. The summed E-state index contributed by atoms with van der Waals surface area (Å²) in [5, 5.41) is 0. The van der Waals surface area contributed by atoms with Gasteiger partial charge in [-0.15, -0.1) is 0 Å². The van der Waals surface area contributed by atoms with E-state index in [9.17, 15) is 0 Å². The van der Waals surface area contributed by atoms with Gasteiger partial charge in [0.25, 0.3) is 0 Å². The summed E-state index contributed by atoms with van der Waals surface area (Å²) < 4.78 is 2.12. The lowest BCUT2D eigenvalue weighted by Gasteiger charge is -2.08. The van der Waals surface area contributed by atoms with E-state index in [1.165, 1.54) is 5.56 Å². The maximum Gasteiger partial charge on any atom is 0.161 e. The van der Waals surface area contributed by atoms with Crippen LogP contribution in [0, 0.1) is 0 Å². The van der Waals surface area contributed by atoms with Crippen molar-refractivity contribution in [3.8, 4) is 11.5 Å². The van der Waals surface area contributed by atoms with Gasteiger partial charge in [0.2, 0.25) is 0 Å². The van der Waals surface area contributed by atoms with Crippen molar-refractivity contribution >= 4 is 11.2 Å². The van der Waals surface area contributed by atoms with Crippen molar-refractivity contribution < 1.29 is 0 Å². The molecule has 4 nitrogen and oxygen atoms in total. The van der Waals surface area contributed by atoms with Crippen LogP contribution >= 0.6 is 0 Å². The summed E-state index contributed by atoms with van der Waals surface area (Å²) in [5.41, 5.74) is 3.84. The molecule has 0 aliphatic rings. The van der Waals surface area contributed by atoms with Gasteiger partial charge in [-0.05, 0) is 29.8 Å². The summed E-state index contributed by atoms with van der Waals surface area (Å²) >= 11 is 0. The second-order valence-electron chi connectivity index (χ2n) is 5.07. The van der Waals surface area contributed by atoms with Crippen molar-refractivity contribution in [3.05, 3.63) is 78.6 Å². The Morgan fingerprint density at radius 3 is 2.41 bits per heavy atom. The summed E-state index contributed by atoms with van der Waals surface area (Å²) in [5.74, 6) is 0.846. The Labute approximate surface area is 128 Å². The minimum atomic E-state index is 0.722. The molecule has 0 aliphatic carbocycles. The molecule has 0 bridgehead atoms. The van der Waals surface area contributed by atoms with Crippen LogP contribution in [0.1, 0.15) is 5.56 Å². The van der Waals surface area contributed by atoms with Crippen molar-refractivity contribution in [2.24, 2.45) is 0 Å². The van der Waals surface area contributed by atoms with Crippen LogP contribution in [0.3, 0.4) is 0 Å². The van der Waals surface area contributed by atoms with Gasteiger partial charge in [0.15, 0.2) is 11.5 Å². The van der Waals surface area contributed by atoms with Crippen LogP contribution in [0.25, 0.3) is 22.7 Å². The Morgan fingerprint density at radius 1 is 0.773 bits per heavy atom. The third-order valence-corrected chi connectivity index (χ3v) is 3.58. The Balaban J connectivity index is 1.91. The molecule has 0 aliphatic heterocycles. The normalized spacial score (nSPS) is 10.9. The third kappa shape index (κ3) is 2.24. The van der Waals surface area contributed by atoms with Crippen LogP contribution in [-0.2, 0) is 6.54 Å². The Morgan fingerprint density at radius 2 is 1.59 bits per heavy atom. The van der Waals surface area contributed by atoms with E-state index in [0.717, 1.165) is 29.2 Å². The molecule has 4 rings (SSSR count). The fourth-order valence-corrected chi connectivity index (χ4v) is 2.56. The van der Waals surface area contributed by atoms with Gasteiger partial charge in [-0.1, -0.05) is 36.4 Å². The molecule has 0 amide bonds. The van der Waals surface area contributed by atoms with E-state index in [1.807, 2.05) is 48.5 Å². The SMILES string of the molecule is c1ccc(Cn2c(-c3ccccn3)nc3cccnc32)cc1. The molecule has 0 saturated heterocycles. The van der Waals surface area contributed by atoms with Crippen LogP contribution in [0.2, 0.25) is 0 Å². The zero-order valence-electron chi connectivity index (χ0n) is 11.9. The lowest BCUT2D eigenvalue weighted by molar-refractivity contribution is 0.820. The van der Waals surface area contributed by atoms with E-state index in [4.69, 9.17) is 4.98 Å². The molecule has 0 spiro atoms. The molecule has 0 saturated carbocycles. The van der Waals surface area contributed by atoms with E-state index in [-0.39, 0.29) is 0 Å². The first kappa shape index (κ1) is 12.7. The molecule has 3 heterocycles. The molecule has 4 heteroatoms. The number of hydrogen-bond donors (Lipinski definition) is 0. The molecule has 22 heavy (non-hydrogen) atoms. The third-order valence-electron chi connectivity index (χ3n) is 3.58. The molecule has 0 radical (unpaired) electrons. The monoisotopic (exact) mass is 286 g/mol. The van der Waals surface area contributed by atoms with Gasteiger partial charge in [0, 0.05) is 12.4 Å². The van der Waals surface area contributed by atoms with Gasteiger partial charge < -0.3 is 4.57 Å². The van der Waals surface area contributed by atoms with Crippen molar-refractivity contribution in [2.45, 2.75) is 6.54 Å². The first-order chi connectivity index (χ1) is 10.9. The number of rotatable bonds is 3. The van der Waals surface area contributed by atoms with E-state index in [0.29, 0.717) is 0 Å². The van der Waals surface area contributed by atoms with Crippen molar-refractivity contribution in [1.82, 2.24) is 19.5 Å². The van der Waals surface area contributed by atoms with E-state index in [2.05, 4.69) is 26.7 Å². The van der Waals surface area contributed by atoms with Gasteiger partial charge in [-0.3, -0.25) is 4.98 Å². The Kier molecular flexibility index (Phi) is 3.12. The minimum absolute atomic E-state index is 0.722. The van der Waals surface area contributed by atoms with Crippen molar-refractivity contribution in [2.75, 3.05) is 0 Å². The number of imidazole rings is 1. The summed E-state index contributed by atoms with van der Waals surface area (Å²) in [6.45, 7) is 0.722. The van der Waals surface area contributed by atoms with Gasteiger partial charge in [0.05, 0.1) is 6.54 Å². The molecular weight excluding hydrogens is 272 g/mol. The van der Waals surface area contributed by atoms with Gasteiger partial charge in [0.1, 0.15) is 11.2 Å². The van der Waals surface area contributed by atoms with Crippen LogP contribution in [0.5, 0.6) is 0 Å². The average molecular weight is 286 g/mol. The fourth-order valence-electron chi connectivity index (χ4n) is 2.56. The summed E-state index contributed by atoms with van der Waals surface area (Å²) in [6, 6.07) is 20.1. The number of hydrogen-bond acceptors (Lipinski definition) is 3. The quantitative estimate of drug-likeness (QED) is 0.578. The van der Waals surface area contributed by atoms with E-state index in [1.54, 1.807) is 12.4 Å². The molecule has 0 N–H and O–H groups in total. The zero-order chi connectivity index (χ0) is 14.8. The molecule has 0 atom stereocenters. The van der Waals surface area contributed by atoms with Gasteiger partial charge >= 0.3 is 0 Å². The van der Waals surface area contributed by atoms with Crippen molar-refractivity contribution in [1.29, 1.82) is 0 Å². The van der Waals surface area contributed by atoms with Crippen LogP contribution < -0.4 is 0 Å². The highest BCUT2D eigenvalue weighted by Gasteiger charge is 2.14. The lowest BCUT2D eigenvalue weighted by Crippen LogP contribution is -2.03. The van der Waals surface area contributed by atoms with Crippen LogP contribution in [0.15, 0.2) is 73.1 Å². The number of pyridine rings is 2. The summed E-state index contributed by atoms with van der Waals surface area (Å²) in [7, 11) is 0. The second kappa shape index (κ2) is 5.41. The standard InChI is InChI=1S/C18H14N4/c1-2-7-14(8-3-1)13-22-17-16(10-6-12-20-17)21-18(22)15-9-4-5-11-19-15/h1-12H,13H2.